The first-order valence-corrected chi connectivity index (χ1v) is 11.5. The normalized spacial score (nSPS) is 11.1. The molecule has 6 nitrogen and oxygen atoms in total. The molecule has 164 valence electrons. The summed E-state index contributed by atoms with van der Waals surface area (Å²) in [7, 11) is 1.61. The van der Waals surface area contributed by atoms with Crippen LogP contribution in [0.15, 0.2) is 88.4 Å². The van der Waals surface area contributed by atoms with Gasteiger partial charge in [0, 0.05) is 16.1 Å². The molecule has 5 rings (SSSR count). The van der Waals surface area contributed by atoms with E-state index in [1.807, 2.05) is 65.2 Å². The Morgan fingerprint density at radius 2 is 1.79 bits per heavy atom. The SMILES string of the molecule is COc1ccccc1-c1nnc(SCC(=O)c2cc3ccccc3o2)n1-c1ccc(Cl)cc1. The molecule has 0 radical (unpaired) electrons. The molecule has 2 aromatic heterocycles. The third-order valence-electron chi connectivity index (χ3n) is 5.10. The smallest absolute Gasteiger partial charge is 0.208 e. The summed E-state index contributed by atoms with van der Waals surface area (Å²) in [5, 5.41) is 10.9. The van der Waals surface area contributed by atoms with Gasteiger partial charge in [-0.25, -0.2) is 0 Å². The van der Waals surface area contributed by atoms with Crippen LogP contribution in [0.1, 0.15) is 10.6 Å². The lowest BCUT2D eigenvalue weighted by molar-refractivity contribution is 0.0994. The number of Topliss-reactive ketones (excluding diaryl/α,β-unsaturated/α-hetero) is 1. The first-order chi connectivity index (χ1) is 16.1. The fourth-order valence-corrected chi connectivity index (χ4v) is 4.46. The number of methoxy groups -OCH3 is 1. The number of fused-ring (bicyclic) bond motifs is 1. The number of furan rings is 1. The molecule has 0 amide bonds. The Morgan fingerprint density at radius 1 is 1.03 bits per heavy atom. The largest absolute Gasteiger partial charge is 0.496 e. The molecular weight excluding hydrogens is 458 g/mol. The van der Waals surface area contributed by atoms with E-state index in [-0.39, 0.29) is 11.5 Å². The molecular formula is C25H18ClN3O3S. The second kappa shape index (κ2) is 9.13. The number of ether oxygens (including phenoxy) is 1. The van der Waals surface area contributed by atoms with Gasteiger partial charge in [0.15, 0.2) is 16.7 Å². The van der Waals surface area contributed by atoms with Crippen LogP contribution in [0, 0.1) is 0 Å². The maximum absolute atomic E-state index is 12.8. The number of thioether (sulfide) groups is 1. The zero-order chi connectivity index (χ0) is 22.8. The number of rotatable bonds is 7. The number of carbonyl (C=O) groups is 1. The summed E-state index contributed by atoms with van der Waals surface area (Å²) in [6, 6.07) is 24.3. The summed E-state index contributed by atoms with van der Waals surface area (Å²) in [5.74, 6) is 1.63. The summed E-state index contributed by atoms with van der Waals surface area (Å²) in [6.45, 7) is 0. The summed E-state index contributed by atoms with van der Waals surface area (Å²) in [6.07, 6.45) is 0. The highest BCUT2D eigenvalue weighted by molar-refractivity contribution is 7.99. The predicted octanol–water partition coefficient (Wildman–Crippen LogP) is 6.32. The van der Waals surface area contributed by atoms with Gasteiger partial charge in [0.05, 0.1) is 18.4 Å². The predicted molar refractivity (Wildman–Crippen MR) is 130 cm³/mol. The minimum atomic E-state index is -0.124. The van der Waals surface area contributed by atoms with E-state index < -0.39 is 0 Å². The van der Waals surface area contributed by atoms with Gasteiger partial charge in [-0.1, -0.05) is 53.7 Å². The highest BCUT2D eigenvalue weighted by Crippen LogP contribution is 2.34. The van der Waals surface area contributed by atoms with E-state index in [0.29, 0.717) is 33.1 Å². The summed E-state index contributed by atoms with van der Waals surface area (Å²) < 4.78 is 13.1. The number of carbonyl (C=O) groups excluding carboxylic acids is 1. The van der Waals surface area contributed by atoms with Gasteiger partial charge in [0.1, 0.15) is 11.3 Å². The standard InChI is InChI=1S/C25H18ClN3O3S/c1-31-22-9-5-3-7-19(22)24-27-28-25(29(24)18-12-10-17(26)11-13-18)33-15-20(30)23-14-16-6-2-4-8-21(16)32-23/h2-14H,15H2,1H3. The van der Waals surface area contributed by atoms with Crippen molar-refractivity contribution in [1.82, 2.24) is 14.8 Å². The fraction of sp³-hybridized carbons (Fsp3) is 0.0800. The van der Waals surface area contributed by atoms with E-state index >= 15 is 0 Å². The van der Waals surface area contributed by atoms with Crippen molar-refractivity contribution in [1.29, 1.82) is 0 Å². The molecule has 3 aromatic carbocycles. The third-order valence-corrected chi connectivity index (χ3v) is 6.28. The molecule has 0 saturated carbocycles. The van der Waals surface area contributed by atoms with Crippen molar-refractivity contribution in [2.75, 3.05) is 12.9 Å². The minimum Gasteiger partial charge on any atom is -0.496 e. The Morgan fingerprint density at radius 3 is 2.58 bits per heavy atom. The van der Waals surface area contributed by atoms with Crippen molar-refractivity contribution < 1.29 is 13.9 Å². The molecule has 0 spiro atoms. The maximum Gasteiger partial charge on any atom is 0.208 e. The van der Waals surface area contributed by atoms with Crippen molar-refractivity contribution >= 4 is 40.1 Å². The molecule has 0 bridgehead atoms. The Labute approximate surface area is 199 Å². The van der Waals surface area contributed by atoms with E-state index in [1.165, 1.54) is 11.8 Å². The van der Waals surface area contributed by atoms with Crippen molar-refractivity contribution in [2.45, 2.75) is 5.16 Å². The van der Waals surface area contributed by atoms with Gasteiger partial charge in [-0.3, -0.25) is 9.36 Å². The summed E-state index contributed by atoms with van der Waals surface area (Å²) in [4.78, 5) is 12.8. The number of nitrogens with zero attached hydrogens (tertiary/aromatic N) is 3. The van der Waals surface area contributed by atoms with Crippen LogP contribution >= 0.6 is 23.4 Å². The Balaban J connectivity index is 1.50. The van der Waals surface area contributed by atoms with Crippen molar-refractivity contribution in [3.63, 3.8) is 0 Å². The highest BCUT2D eigenvalue weighted by atomic mass is 35.5. The fourth-order valence-electron chi connectivity index (χ4n) is 3.51. The zero-order valence-electron chi connectivity index (χ0n) is 17.6. The summed E-state index contributed by atoms with van der Waals surface area (Å²) >= 11 is 7.39. The van der Waals surface area contributed by atoms with Gasteiger partial charge in [0.25, 0.3) is 0 Å². The van der Waals surface area contributed by atoms with Gasteiger partial charge < -0.3 is 9.15 Å². The monoisotopic (exact) mass is 475 g/mol. The van der Waals surface area contributed by atoms with Gasteiger partial charge in [-0.15, -0.1) is 10.2 Å². The number of aromatic nitrogens is 3. The molecule has 0 N–H and O–H groups in total. The van der Waals surface area contributed by atoms with Crippen LogP contribution in [0.3, 0.4) is 0 Å². The lowest BCUT2D eigenvalue weighted by Gasteiger charge is -2.12. The third kappa shape index (κ3) is 4.25. The van der Waals surface area contributed by atoms with E-state index in [4.69, 9.17) is 20.8 Å². The zero-order valence-corrected chi connectivity index (χ0v) is 19.1. The minimum absolute atomic E-state index is 0.124. The average molecular weight is 476 g/mol. The van der Waals surface area contributed by atoms with Crippen LogP contribution in [0.5, 0.6) is 5.75 Å². The van der Waals surface area contributed by atoms with Gasteiger partial charge >= 0.3 is 0 Å². The van der Waals surface area contributed by atoms with Crippen LogP contribution in [-0.4, -0.2) is 33.4 Å². The van der Waals surface area contributed by atoms with Gasteiger partial charge in [0.2, 0.25) is 5.78 Å². The molecule has 0 saturated heterocycles. The summed E-state index contributed by atoms with van der Waals surface area (Å²) in [5.41, 5.74) is 2.30. The molecule has 0 aliphatic heterocycles. The lowest BCUT2D eigenvalue weighted by atomic mass is 10.2. The van der Waals surface area contributed by atoms with Crippen LogP contribution in [0.25, 0.3) is 28.0 Å². The molecule has 33 heavy (non-hydrogen) atoms. The number of benzene rings is 3. The van der Waals surface area contributed by atoms with E-state index in [0.717, 1.165) is 16.6 Å². The van der Waals surface area contributed by atoms with Crippen molar-refractivity contribution in [2.24, 2.45) is 0 Å². The number of hydrogen-bond donors (Lipinski definition) is 0. The molecule has 2 heterocycles. The van der Waals surface area contributed by atoms with E-state index in [9.17, 15) is 4.79 Å². The van der Waals surface area contributed by atoms with Crippen molar-refractivity contribution in [3.8, 4) is 22.8 Å². The Kier molecular flexibility index (Phi) is 5.90. The molecule has 8 heteroatoms. The topological polar surface area (TPSA) is 70.2 Å². The molecule has 0 fully saturated rings. The first-order valence-electron chi connectivity index (χ1n) is 10.1. The molecule has 0 aliphatic carbocycles. The number of ketones is 1. The maximum atomic E-state index is 12.8. The number of hydrogen-bond acceptors (Lipinski definition) is 6. The molecule has 5 aromatic rings. The van der Waals surface area contributed by atoms with Gasteiger partial charge in [-0.05, 0) is 48.5 Å². The molecule has 0 atom stereocenters. The van der Waals surface area contributed by atoms with E-state index in [1.54, 1.807) is 25.3 Å². The van der Waals surface area contributed by atoms with Crippen LogP contribution < -0.4 is 4.74 Å². The van der Waals surface area contributed by atoms with Crippen LogP contribution in [-0.2, 0) is 0 Å². The Hall–Kier alpha value is -3.55. The Bertz CT molecular complexity index is 1410. The number of halogens is 1. The van der Waals surface area contributed by atoms with Crippen LogP contribution in [0.2, 0.25) is 5.02 Å². The first kappa shape index (κ1) is 21.3. The van der Waals surface area contributed by atoms with Gasteiger partial charge in [-0.2, -0.15) is 0 Å². The average Bonchev–Trinajstić information content (AvgIpc) is 3.47. The second-order valence-corrected chi connectivity index (χ2v) is 8.56. The highest BCUT2D eigenvalue weighted by Gasteiger charge is 2.21. The quantitative estimate of drug-likeness (QED) is 0.203. The number of para-hydroxylation sites is 2. The molecule has 0 unspecified atom stereocenters. The van der Waals surface area contributed by atoms with Crippen LogP contribution in [0.4, 0.5) is 0 Å². The van der Waals surface area contributed by atoms with Crippen molar-refractivity contribution in [3.05, 3.63) is 89.6 Å². The lowest BCUT2D eigenvalue weighted by Crippen LogP contribution is -2.04. The van der Waals surface area contributed by atoms with E-state index in [2.05, 4.69) is 10.2 Å². The molecule has 0 aliphatic rings. The second-order valence-electron chi connectivity index (χ2n) is 7.18.